The van der Waals surface area contributed by atoms with Crippen molar-refractivity contribution >= 4 is 68.6 Å². The highest BCUT2D eigenvalue weighted by Gasteiger charge is 2.50. The Morgan fingerprint density at radius 3 is 1.24 bits per heavy atom. The minimum Gasteiger partial charge on any atom is -0.344 e. The molecule has 0 N–H and O–H groups in total. The quantitative estimate of drug-likeness (QED) is 0.163. The van der Waals surface area contributed by atoms with Gasteiger partial charge in [0.05, 0.1) is 11.4 Å². The Morgan fingerprint density at radius 2 is 0.788 bits per heavy atom. The Hall–Kier alpha value is -4.64. The van der Waals surface area contributed by atoms with Crippen molar-refractivity contribution in [2.24, 2.45) is 0 Å². The van der Waals surface area contributed by atoms with Gasteiger partial charge in [-0.15, -0.1) is 0 Å². The van der Waals surface area contributed by atoms with E-state index in [1.54, 1.807) is 0 Å². The molecule has 0 radical (unpaired) electrons. The topological polar surface area (TPSA) is 13.0 Å². The van der Waals surface area contributed by atoms with Gasteiger partial charge in [0.2, 0.25) is 0 Å². The Bertz CT molecular complexity index is 2650. The molecule has 2 saturated carbocycles. The second-order valence-electron chi connectivity index (χ2n) is 25.6. The Kier molecular flexibility index (Phi) is 10.8. The Morgan fingerprint density at radius 1 is 0.394 bits per heavy atom. The highest BCUT2D eigenvalue weighted by Crippen LogP contribution is 2.54. The average molecular weight is 879 g/mol. The second kappa shape index (κ2) is 15.7. The van der Waals surface area contributed by atoms with Crippen LogP contribution in [0, 0.1) is 0 Å². The van der Waals surface area contributed by atoms with Crippen molar-refractivity contribution in [1.82, 2.24) is 0 Å². The molecule has 0 saturated heterocycles. The first kappa shape index (κ1) is 45.2. The summed E-state index contributed by atoms with van der Waals surface area (Å²) in [4.78, 5) is 11.1. The molecular formula is C61H79BN4. The fourth-order valence-electron chi connectivity index (χ4n) is 12.8. The van der Waals surface area contributed by atoms with Crippen molar-refractivity contribution < 1.29 is 0 Å². The zero-order valence-corrected chi connectivity index (χ0v) is 43.3. The predicted octanol–water partition coefficient (Wildman–Crippen LogP) is 15.0. The summed E-state index contributed by atoms with van der Waals surface area (Å²) in [5.74, 6) is 0. The number of rotatable bonds is 4. The number of hydrogen-bond acceptors (Lipinski definition) is 4. The van der Waals surface area contributed by atoms with Crippen LogP contribution >= 0.6 is 0 Å². The first-order valence-corrected chi connectivity index (χ1v) is 25.9. The third-order valence-electron chi connectivity index (χ3n) is 16.5. The highest BCUT2D eigenvalue weighted by molar-refractivity contribution is 7.00. The summed E-state index contributed by atoms with van der Waals surface area (Å²) >= 11 is 0. The molecule has 0 amide bonds. The van der Waals surface area contributed by atoms with Gasteiger partial charge in [0.1, 0.15) is 5.66 Å². The number of benzene rings is 5. The van der Waals surface area contributed by atoms with Crippen molar-refractivity contribution in [1.29, 1.82) is 0 Å². The third-order valence-corrected chi connectivity index (χ3v) is 16.5. The lowest BCUT2D eigenvalue weighted by Gasteiger charge is -2.49. The van der Waals surface area contributed by atoms with E-state index < -0.39 is 0 Å². The lowest BCUT2D eigenvalue weighted by molar-refractivity contribution is 0.303. The first-order chi connectivity index (χ1) is 31.0. The van der Waals surface area contributed by atoms with Crippen LogP contribution in [0.15, 0.2) is 91.0 Å². The maximum Gasteiger partial charge on any atom is 0.252 e. The van der Waals surface area contributed by atoms with Crippen molar-refractivity contribution in [2.45, 2.75) is 201 Å². The standard InChI is InChI=1S/C61H79BN4/c1-57(2,3)40-25-29-44(30-26-40)63-50-32-27-41(58(4,5)6)35-48(50)62-49-36-42(59(7,8)9)28-33-51(49)64(55-38-43(60(10,11)12)37-54(63)56(55)62)47-31-34-52-53(39-47)66(46-23-19-16-20-24-46)61(13,14)65(52)45-21-17-15-18-22-45/h25-39,45-46H,15-24H2,1-14H3. The maximum atomic E-state index is 2.91. The monoisotopic (exact) mass is 879 g/mol. The summed E-state index contributed by atoms with van der Waals surface area (Å²) in [5, 5.41) is 0. The molecule has 3 heterocycles. The van der Waals surface area contributed by atoms with Crippen LogP contribution < -0.4 is 36.0 Å². The summed E-state index contributed by atoms with van der Waals surface area (Å²) < 4.78 is 0. The lowest BCUT2D eigenvalue weighted by Crippen LogP contribution is -2.61. The van der Waals surface area contributed by atoms with E-state index in [0.717, 1.165) is 0 Å². The molecule has 66 heavy (non-hydrogen) atoms. The van der Waals surface area contributed by atoms with Crippen molar-refractivity contribution in [2.75, 3.05) is 19.6 Å². The summed E-state index contributed by atoms with van der Waals surface area (Å²) in [6, 6.07) is 38.3. The average Bonchev–Trinajstić information content (AvgIpc) is 3.50. The lowest BCUT2D eigenvalue weighted by atomic mass is 9.33. The van der Waals surface area contributed by atoms with E-state index in [9.17, 15) is 0 Å². The van der Waals surface area contributed by atoms with Crippen LogP contribution in [0.2, 0.25) is 0 Å². The van der Waals surface area contributed by atoms with Gasteiger partial charge < -0.3 is 19.6 Å². The van der Waals surface area contributed by atoms with Gasteiger partial charge in [0.25, 0.3) is 6.71 Å². The molecule has 5 heteroatoms. The predicted molar refractivity (Wildman–Crippen MR) is 288 cm³/mol. The van der Waals surface area contributed by atoms with Gasteiger partial charge in [-0.25, -0.2) is 0 Å². The van der Waals surface area contributed by atoms with Gasteiger partial charge in [-0.1, -0.05) is 158 Å². The van der Waals surface area contributed by atoms with Crippen LogP contribution in [0.4, 0.5) is 45.5 Å². The first-order valence-electron chi connectivity index (χ1n) is 25.9. The van der Waals surface area contributed by atoms with E-state index in [1.165, 1.54) is 148 Å². The highest BCUT2D eigenvalue weighted by atomic mass is 15.5. The smallest absolute Gasteiger partial charge is 0.252 e. The van der Waals surface area contributed by atoms with Gasteiger partial charge >= 0.3 is 0 Å². The van der Waals surface area contributed by atoms with Crippen LogP contribution in [0.5, 0.6) is 0 Å². The molecule has 346 valence electrons. The summed E-state index contributed by atoms with van der Waals surface area (Å²) in [6.45, 7) is 33.5. The molecule has 0 aromatic heterocycles. The molecular weight excluding hydrogens is 800 g/mol. The van der Waals surface area contributed by atoms with Crippen LogP contribution in [-0.4, -0.2) is 24.5 Å². The van der Waals surface area contributed by atoms with Crippen LogP contribution in [0.3, 0.4) is 0 Å². The van der Waals surface area contributed by atoms with Gasteiger partial charge in [-0.2, -0.15) is 0 Å². The van der Waals surface area contributed by atoms with E-state index in [2.05, 4.69) is 208 Å². The van der Waals surface area contributed by atoms with Crippen molar-refractivity contribution in [3.8, 4) is 0 Å². The molecule has 2 fully saturated rings. The molecule has 4 nitrogen and oxygen atoms in total. The molecule has 5 aromatic rings. The molecule has 10 rings (SSSR count). The van der Waals surface area contributed by atoms with Gasteiger partial charge in [-0.3, -0.25) is 0 Å². The SMILES string of the molecule is CC(C)(C)c1ccc(N2c3ccc(C(C)(C)C)cc3B3c4cc(C(C)(C)C)ccc4N(c4ccc5c(c4)N(C4CCCCC4)C(C)(C)N5C4CCCCC4)c4cc(C(C)(C)C)cc2c43)cc1. The summed E-state index contributed by atoms with van der Waals surface area (Å²) in [5.41, 5.74) is 20.1. The molecule has 0 spiro atoms. The second-order valence-corrected chi connectivity index (χ2v) is 25.6. The minimum absolute atomic E-state index is 0.00187. The van der Waals surface area contributed by atoms with Gasteiger partial charge in [-0.05, 0) is 154 Å². The van der Waals surface area contributed by atoms with Crippen LogP contribution in [-0.2, 0) is 21.7 Å². The molecule has 5 aliphatic rings. The molecule has 0 unspecified atom stereocenters. The largest absolute Gasteiger partial charge is 0.344 e. The molecule has 5 aromatic carbocycles. The normalized spacial score (nSPS) is 18.9. The number of anilines is 8. The number of hydrogen-bond donors (Lipinski definition) is 0. The molecule has 2 aliphatic carbocycles. The zero-order valence-electron chi connectivity index (χ0n) is 43.3. The van der Waals surface area contributed by atoms with Crippen molar-refractivity contribution in [3.05, 3.63) is 113 Å². The number of fused-ring (bicyclic) bond motifs is 5. The number of nitrogens with zero attached hydrogens (tertiary/aromatic N) is 4. The third kappa shape index (κ3) is 7.49. The Labute approximate surface area is 400 Å². The molecule has 3 aliphatic heterocycles. The zero-order chi connectivity index (χ0) is 46.9. The van der Waals surface area contributed by atoms with Gasteiger partial charge in [0.15, 0.2) is 0 Å². The van der Waals surface area contributed by atoms with E-state index in [-0.39, 0.29) is 34.0 Å². The van der Waals surface area contributed by atoms with Crippen molar-refractivity contribution in [3.63, 3.8) is 0 Å². The maximum absolute atomic E-state index is 2.91. The summed E-state index contributed by atoms with van der Waals surface area (Å²) in [7, 11) is 0. The minimum atomic E-state index is -0.0969. The fraction of sp³-hybridized carbons (Fsp3) is 0.508. The van der Waals surface area contributed by atoms with Gasteiger partial charge in [0, 0.05) is 46.2 Å². The molecule has 0 atom stereocenters. The Balaban J connectivity index is 1.27. The fourth-order valence-corrected chi connectivity index (χ4v) is 12.8. The van der Waals surface area contributed by atoms with Crippen LogP contribution in [0.25, 0.3) is 0 Å². The van der Waals surface area contributed by atoms with E-state index >= 15 is 0 Å². The van der Waals surface area contributed by atoms with E-state index in [0.29, 0.717) is 12.1 Å². The van der Waals surface area contributed by atoms with Crippen LogP contribution in [0.1, 0.15) is 183 Å². The van der Waals surface area contributed by atoms with E-state index in [4.69, 9.17) is 0 Å². The summed E-state index contributed by atoms with van der Waals surface area (Å²) in [6.07, 6.45) is 13.2. The van der Waals surface area contributed by atoms with E-state index in [1.807, 2.05) is 0 Å². The molecule has 0 bridgehead atoms.